The number of nitrogens with one attached hydrogen (secondary N) is 1. The molecule has 1 N–H and O–H groups in total. The minimum Gasteiger partial charge on any atom is -0.497 e. The van der Waals surface area contributed by atoms with Crippen LogP contribution in [0.4, 0.5) is 5.82 Å². The van der Waals surface area contributed by atoms with Gasteiger partial charge in [0.25, 0.3) is 5.91 Å². The fourth-order valence-corrected chi connectivity index (χ4v) is 4.65. The van der Waals surface area contributed by atoms with Crippen LogP contribution in [-0.2, 0) is 16.1 Å². The molecule has 1 aliphatic rings. The standard InChI is InChI=1S/C29H28ClN7O6/c1-40-20-6-8-21(9-7-20)43-37(16-19-4-5-22(41-2)14-24(19)42-3)28(39)27-23(17-38)36(13-11-32-27)26-15-25(30)33-29(34-26)35-12-10-31-18-35/h4-10,12,14-15,18,27,32H,11,13,16H2,1-3H3. The third-order valence-electron chi connectivity index (χ3n) is 6.61. The molecule has 2 aromatic carbocycles. The highest BCUT2D eigenvalue weighted by Crippen LogP contribution is 2.29. The topological polar surface area (TPSA) is 133 Å². The molecular formula is C29H28ClN7O6. The van der Waals surface area contributed by atoms with E-state index >= 15 is 0 Å². The van der Waals surface area contributed by atoms with E-state index in [0.29, 0.717) is 47.5 Å². The van der Waals surface area contributed by atoms with E-state index < -0.39 is 11.9 Å². The summed E-state index contributed by atoms with van der Waals surface area (Å²) < 4.78 is 17.7. The minimum atomic E-state index is -1.13. The van der Waals surface area contributed by atoms with Crippen molar-refractivity contribution in [3.8, 4) is 28.9 Å². The van der Waals surface area contributed by atoms with Gasteiger partial charge in [-0.1, -0.05) is 11.6 Å². The Labute approximate surface area is 252 Å². The van der Waals surface area contributed by atoms with E-state index in [4.69, 9.17) is 30.6 Å². The van der Waals surface area contributed by atoms with Crippen LogP contribution < -0.4 is 29.3 Å². The fourth-order valence-electron chi connectivity index (χ4n) is 4.48. The molecule has 3 heterocycles. The lowest BCUT2D eigenvalue weighted by atomic mass is 10.1. The Morgan fingerprint density at radius 1 is 1.05 bits per heavy atom. The molecular weight excluding hydrogens is 578 g/mol. The van der Waals surface area contributed by atoms with Crippen molar-refractivity contribution < 1.29 is 28.6 Å². The predicted octanol–water partition coefficient (Wildman–Crippen LogP) is 2.86. The van der Waals surface area contributed by atoms with Gasteiger partial charge in [0, 0.05) is 43.2 Å². The molecule has 0 spiro atoms. The van der Waals surface area contributed by atoms with Crippen LogP contribution in [0.5, 0.6) is 23.0 Å². The van der Waals surface area contributed by atoms with Gasteiger partial charge >= 0.3 is 0 Å². The summed E-state index contributed by atoms with van der Waals surface area (Å²) in [4.78, 5) is 47.1. The van der Waals surface area contributed by atoms with Gasteiger partial charge in [-0.2, -0.15) is 10.0 Å². The first-order valence-corrected chi connectivity index (χ1v) is 13.4. The van der Waals surface area contributed by atoms with E-state index in [1.807, 2.05) is 5.94 Å². The monoisotopic (exact) mass is 605 g/mol. The normalized spacial score (nSPS) is 14.6. The third kappa shape index (κ3) is 6.54. The Morgan fingerprint density at radius 2 is 1.79 bits per heavy atom. The SMILES string of the molecule is COc1ccc(ON(Cc2ccc(OC)cc2OC)C(=O)C2NCCN(c3cc(Cl)nc(-n4ccnc4)n3)C2=C=O)cc1. The first-order chi connectivity index (χ1) is 20.9. The van der Waals surface area contributed by atoms with Crippen molar-refractivity contribution in [1.29, 1.82) is 0 Å². The number of methoxy groups -OCH3 is 3. The van der Waals surface area contributed by atoms with Crippen LogP contribution in [0, 0.1) is 0 Å². The molecule has 0 radical (unpaired) electrons. The van der Waals surface area contributed by atoms with E-state index in [0.717, 1.165) is 5.06 Å². The zero-order valence-electron chi connectivity index (χ0n) is 23.6. The van der Waals surface area contributed by atoms with Gasteiger partial charge in [0.2, 0.25) is 5.95 Å². The molecule has 1 fully saturated rings. The van der Waals surface area contributed by atoms with Crippen LogP contribution >= 0.6 is 11.6 Å². The van der Waals surface area contributed by atoms with Crippen LogP contribution in [0.15, 0.2) is 72.9 Å². The van der Waals surface area contributed by atoms with Crippen LogP contribution in [0.3, 0.4) is 0 Å². The van der Waals surface area contributed by atoms with Gasteiger partial charge in [-0.25, -0.2) is 14.8 Å². The maximum atomic E-state index is 14.2. The van der Waals surface area contributed by atoms with Gasteiger partial charge in [-0.3, -0.25) is 14.7 Å². The van der Waals surface area contributed by atoms with Crippen molar-refractivity contribution in [2.24, 2.45) is 0 Å². The number of ether oxygens (including phenoxy) is 3. The van der Waals surface area contributed by atoms with Gasteiger partial charge in [-0.05, 0) is 36.4 Å². The number of aromatic nitrogens is 4. The third-order valence-corrected chi connectivity index (χ3v) is 6.80. The maximum Gasteiger partial charge on any atom is 0.279 e. The molecule has 5 rings (SSSR count). The summed E-state index contributed by atoms with van der Waals surface area (Å²) in [5.74, 6) is 4.03. The summed E-state index contributed by atoms with van der Waals surface area (Å²) in [5, 5.41) is 4.43. The summed E-state index contributed by atoms with van der Waals surface area (Å²) in [6.07, 6.45) is 4.77. The lowest BCUT2D eigenvalue weighted by molar-refractivity contribution is -0.161. The number of amides is 1. The van der Waals surface area contributed by atoms with Gasteiger partial charge in [0.1, 0.15) is 52.2 Å². The number of carbonyl (C=O) groups is 1. The highest BCUT2D eigenvalue weighted by Gasteiger charge is 2.37. The number of rotatable bonds is 10. The van der Waals surface area contributed by atoms with Crippen LogP contribution in [0.1, 0.15) is 5.56 Å². The molecule has 0 bridgehead atoms. The number of hydroxylamine groups is 2. The number of piperazine rings is 1. The molecule has 1 unspecified atom stereocenters. The number of anilines is 1. The molecule has 4 aromatic rings. The molecule has 14 heteroatoms. The van der Waals surface area contributed by atoms with Crippen molar-refractivity contribution in [2.45, 2.75) is 12.6 Å². The van der Waals surface area contributed by atoms with Crippen molar-refractivity contribution in [3.63, 3.8) is 0 Å². The van der Waals surface area contributed by atoms with E-state index in [9.17, 15) is 9.59 Å². The number of halogens is 1. The summed E-state index contributed by atoms with van der Waals surface area (Å²) in [5.41, 5.74) is 0.648. The molecule has 2 aromatic heterocycles. The van der Waals surface area contributed by atoms with E-state index in [1.165, 1.54) is 19.5 Å². The van der Waals surface area contributed by atoms with Crippen molar-refractivity contribution in [3.05, 3.63) is 83.7 Å². The number of benzene rings is 2. The average Bonchev–Trinajstić information content (AvgIpc) is 3.59. The van der Waals surface area contributed by atoms with Gasteiger partial charge in [0.05, 0.1) is 27.9 Å². The molecule has 43 heavy (non-hydrogen) atoms. The lowest BCUT2D eigenvalue weighted by Crippen LogP contribution is -2.57. The molecule has 1 saturated heterocycles. The Balaban J connectivity index is 1.48. The van der Waals surface area contributed by atoms with Crippen molar-refractivity contribution in [1.82, 2.24) is 29.9 Å². The van der Waals surface area contributed by atoms with Crippen LogP contribution in [0.2, 0.25) is 5.15 Å². The van der Waals surface area contributed by atoms with E-state index in [1.54, 1.807) is 78.5 Å². The molecule has 1 aliphatic heterocycles. The lowest BCUT2D eigenvalue weighted by Gasteiger charge is -2.36. The quantitative estimate of drug-likeness (QED) is 0.162. The maximum absolute atomic E-state index is 14.2. The van der Waals surface area contributed by atoms with Crippen LogP contribution in [-0.4, -0.2) is 76.9 Å². The van der Waals surface area contributed by atoms with Crippen molar-refractivity contribution >= 4 is 29.3 Å². The summed E-state index contributed by atoms with van der Waals surface area (Å²) in [6, 6.07) is 12.4. The summed E-state index contributed by atoms with van der Waals surface area (Å²) >= 11 is 6.32. The van der Waals surface area contributed by atoms with Crippen molar-refractivity contribution in [2.75, 3.05) is 39.3 Å². The molecule has 1 amide bonds. The zero-order valence-corrected chi connectivity index (χ0v) is 24.3. The second-order valence-corrected chi connectivity index (χ2v) is 9.55. The highest BCUT2D eigenvalue weighted by molar-refractivity contribution is 6.29. The second kappa shape index (κ2) is 13.3. The zero-order chi connectivity index (χ0) is 30.3. The van der Waals surface area contributed by atoms with Crippen LogP contribution in [0.25, 0.3) is 5.95 Å². The minimum absolute atomic E-state index is 0.00706. The number of nitrogens with zero attached hydrogens (tertiary/aromatic N) is 6. The van der Waals surface area contributed by atoms with E-state index in [-0.39, 0.29) is 23.3 Å². The predicted molar refractivity (Wildman–Crippen MR) is 156 cm³/mol. The summed E-state index contributed by atoms with van der Waals surface area (Å²) in [6.45, 7) is 0.634. The molecule has 13 nitrogen and oxygen atoms in total. The first-order valence-electron chi connectivity index (χ1n) is 13.1. The largest absolute Gasteiger partial charge is 0.497 e. The average molecular weight is 606 g/mol. The number of hydrogen-bond donors (Lipinski definition) is 1. The Morgan fingerprint density at radius 3 is 2.47 bits per heavy atom. The van der Waals surface area contributed by atoms with Gasteiger partial charge in [-0.15, -0.1) is 0 Å². The van der Waals surface area contributed by atoms with Gasteiger partial charge < -0.3 is 23.9 Å². The van der Waals surface area contributed by atoms with E-state index in [2.05, 4.69) is 20.3 Å². The second-order valence-electron chi connectivity index (χ2n) is 9.16. The Bertz CT molecular complexity index is 1630. The molecule has 0 saturated carbocycles. The molecule has 1 atom stereocenters. The number of imidazole rings is 1. The molecule has 222 valence electrons. The number of hydrogen-bond acceptors (Lipinski definition) is 11. The Hall–Kier alpha value is -5.10. The molecule has 0 aliphatic carbocycles. The fraction of sp³-hybridized carbons (Fsp3) is 0.241. The number of carbonyl (C=O) groups excluding carboxylic acids is 2. The van der Waals surface area contributed by atoms with Gasteiger partial charge in [0.15, 0.2) is 5.75 Å². The smallest absolute Gasteiger partial charge is 0.279 e. The first kappa shape index (κ1) is 29.4. The Kier molecular flexibility index (Phi) is 9.06. The highest BCUT2D eigenvalue weighted by atomic mass is 35.5. The summed E-state index contributed by atoms with van der Waals surface area (Å²) in [7, 11) is 4.63.